The van der Waals surface area contributed by atoms with Gasteiger partial charge in [0.15, 0.2) is 5.69 Å². The van der Waals surface area contributed by atoms with Crippen molar-refractivity contribution in [1.29, 1.82) is 0 Å². The van der Waals surface area contributed by atoms with E-state index in [1.54, 1.807) is 24.3 Å². The summed E-state index contributed by atoms with van der Waals surface area (Å²) < 4.78 is 62.3. The van der Waals surface area contributed by atoms with Crippen molar-refractivity contribution < 1.29 is 36.3 Å². The molecule has 13 heteroatoms. The zero-order chi connectivity index (χ0) is 25.7. The highest BCUT2D eigenvalue weighted by molar-refractivity contribution is 6.04. The van der Waals surface area contributed by atoms with E-state index in [1.807, 2.05) is 4.90 Å². The van der Waals surface area contributed by atoms with Gasteiger partial charge in [-0.25, -0.2) is 19.2 Å². The maximum Gasteiger partial charge on any atom is 0.452 e. The number of piperazine rings is 1. The van der Waals surface area contributed by atoms with E-state index in [2.05, 4.69) is 15.3 Å². The summed E-state index contributed by atoms with van der Waals surface area (Å²) >= 11 is 0. The van der Waals surface area contributed by atoms with Crippen LogP contribution in [0.4, 0.5) is 33.9 Å². The molecule has 2 amide bonds. The van der Waals surface area contributed by atoms with Crippen LogP contribution in [0.5, 0.6) is 0 Å². The number of carbonyl (C=O) groups excluding carboxylic acids is 2. The van der Waals surface area contributed by atoms with Gasteiger partial charge in [0.25, 0.3) is 5.91 Å². The molecule has 0 bridgehead atoms. The Morgan fingerprint density at radius 2 is 1.78 bits per heavy atom. The molecule has 36 heavy (non-hydrogen) atoms. The van der Waals surface area contributed by atoms with E-state index in [-0.39, 0.29) is 18.2 Å². The fourth-order valence-corrected chi connectivity index (χ4v) is 3.54. The van der Waals surface area contributed by atoms with Gasteiger partial charge in [-0.05, 0) is 24.3 Å². The number of amides is 2. The van der Waals surface area contributed by atoms with E-state index in [9.17, 15) is 27.2 Å². The van der Waals surface area contributed by atoms with Gasteiger partial charge in [0.1, 0.15) is 19.1 Å². The van der Waals surface area contributed by atoms with Crippen LogP contribution in [0.1, 0.15) is 16.2 Å². The van der Waals surface area contributed by atoms with Crippen LogP contribution < -0.4 is 10.2 Å². The summed E-state index contributed by atoms with van der Waals surface area (Å²) in [6, 6.07) is 11.0. The average molecular weight is 507 g/mol. The lowest BCUT2D eigenvalue weighted by Crippen LogP contribution is -2.49. The van der Waals surface area contributed by atoms with Gasteiger partial charge in [-0.2, -0.15) is 13.2 Å². The third-order valence-electron chi connectivity index (χ3n) is 5.29. The summed E-state index contributed by atoms with van der Waals surface area (Å²) in [5.41, 5.74) is -0.431. The zero-order valence-corrected chi connectivity index (χ0v) is 18.8. The van der Waals surface area contributed by atoms with Crippen LogP contribution >= 0.6 is 0 Å². The number of alkyl halides is 4. The molecular formula is C23H21F4N5O4. The second kappa shape index (κ2) is 10.6. The molecule has 1 fully saturated rings. The Labute approximate surface area is 202 Å². The Balaban J connectivity index is 1.42. The van der Waals surface area contributed by atoms with E-state index in [0.29, 0.717) is 37.6 Å². The molecule has 0 aliphatic carbocycles. The molecule has 1 N–H and O–H groups in total. The predicted molar refractivity (Wildman–Crippen MR) is 120 cm³/mol. The van der Waals surface area contributed by atoms with E-state index < -0.39 is 36.3 Å². The summed E-state index contributed by atoms with van der Waals surface area (Å²) in [7, 11) is 0. The number of pyridine rings is 1. The van der Waals surface area contributed by atoms with Gasteiger partial charge >= 0.3 is 12.3 Å². The molecule has 1 aliphatic heterocycles. The van der Waals surface area contributed by atoms with Gasteiger partial charge < -0.3 is 24.3 Å². The fourth-order valence-electron chi connectivity index (χ4n) is 3.54. The molecule has 1 saturated heterocycles. The molecule has 0 atom stereocenters. The van der Waals surface area contributed by atoms with Gasteiger partial charge in [-0.1, -0.05) is 18.2 Å². The number of aromatic nitrogens is 2. The lowest BCUT2D eigenvalue weighted by atomic mass is 10.2. The number of halogens is 4. The molecule has 3 heterocycles. The number of anilines is 2. The van der Waals surface area contributed by atoms with Gasteiger partial charge in [-0.3, -0.25) is 4.79 Å². The number of carbonyl (C=O) groups is 2. The number of benzene rings is 1. The number of nitrogens with zero attached hydrogens (tertiary/aromatic N) is 4. The van der Waals surface area contributed by atoms with Crippen LogP contribution in [0.15, 0.2) is 53.1 Å². The Hall–Kier alpha value is -4.16. The number of hydrogen-bond donors (Lipinski definition) is 1. The van der Waals surface area contributed by atoms with Crippen molar-refractivity contribution in [2.75, 3.05) is 49.7 Å². The monoisotopic (exact) mass is 507 g/mol. The minimum atomic E-state index is -4.92. The number of nitrogens with one attached hydrogen (secondary N) is 1. The largest absolute Gasteiger partial charge is 0.452 e. The number of hydrogen-bond acceptors (Lipinski definition) is 7. The normalized spacial score (nSPS) is 14.0. The van der Waals surface area contributed by atoms with Crippen molar-refractivity contribution in [3.05, 3.63) is 60.1 Å². The molecule has 3 aromatic rings. The third kappa shape index (κ3) is 5.73. The third-order valence-corrected chi connectivity index (χ3v) is 5.29. The second-order valence-corrected chi connectivity index (χ2v) is 7.70. The quantitative estimate of drug-likeness (QED) is 0.498. The Bertz CT molecular complexity index is 1190. The lowest BCUT2D eigenvalue weighted by Gasteiger charge is -2.34. The molecule has 2 aromatic heterocycles. The van der Waals surface area contributed by atoms with Crippen LogP contribution in [0.2, 0.25) is 0 Å². The van der Waals surface area contributed by atoms with Crippen molar-refractivity contribution in [3.63, 3.8) is 0 Å². The topological polar surface area (TPSA) is 101 Å². The molecular weight excluding hydrogens is 486 g/mol. The minimum absolute atomic E-state index is 0.162. The highest BCUT2D eigenvalue weighted by Crippen LogP contribution is 2.35. The first-order chi connectivity index (χ1) is 17.3. The number of ether oxygens (including phenoxy) is 1. The van der Waals surface area contributed by atoms with Crippen molar-refractivity contribution >= 4 is 23.5 Å². The molecule has 4 rings (SSSR count). The molecule has 0 radical (unpaired) electrons. The summed E-state index contributed by atoms with van der Waals surface area (Å²) in [5, 5.41) is 2.36. The van der Waals surface area contributed by atoms with E-state index >= 15 is 0 Å². The summed E-state index contributed by atoms with van der Waals surface area (Å²) in [6.07, 6.45) is -4.20. The van der Waals surface area contributed by atoms with Crippen molar-refractivity contribution in [2.45, 2.75) is 6.18 Å². The number of oxazole rings is 1. The summed E-state index contributed by atoms with van der Waals surface area (Å²) in [5.74, 6) is -2.36. The molecule has 0 unspecified atom stereocenters. The predicted octanol–water partition coefficient (Wildman–Crippen LogP) is 4.24. The minimum Gasteiger partial charge on any atom is -0.447 e. The van der Waals surface area contributed by atoms with Gasteiger partial charge in [0.2, 0.25) is 11.7 Å². The van der Waals surface area contributed by atoms with Crippen LogP contribution in [-0.4, -0.2) is 66.3 Å². The highest BCUT2D eigenvalue weighted by atomic mass is 19.4. The van der Waals surface area contributed by atoms with Gasteiger partial charge in [0, 0.05) is 31.7 Å². The van der Waals surface area contributed by atoms with E-state index in [1.165, 1.54) is 29.3 Å². The maximum atomic E-state index is 13.5. The van der Waals surface area contributed by atoms with Crippen molar-refractivity contribution in [1.82, 2.24) is 14.9 Å². The van der Waals surface area contributed by atoms with Gasteiger partial charge in [0.05, 0.1) is 11.9 Å². The first kappa shape index (κ1) is 24.9. The van der Waals surface area contributed by atoms with Crippen LogP contribution in [0.3, 0.4) is 0 Å². The van der Waals surface area contributed by atoms with E-state index in [4.69, 9.17) is 9.15 Å². The fraction of sp³-hybridized carbons (Fsp3) is 0.304. The Morgan fingerprint density at radius 1 is 1.06 bits per heavy atom. The van der Waals surface area contributed by atoms with E-state index in [0.717, 1.165) is 0 Å². The molecule has 9 nitrogen and oxygen atoms in total. The van der Waals surface area contributed by atoms with Gasteiger partial charge in [-0.15, -0.1) is 0 Å². The second-order valence-electron chi connectivity index (χ2n) is 7.70. The molecule has 190 valence electrons. The zero-order valence-electron chi connectivity index (χ0n) is 18.8. The maximum absolute atomic E-state index is 13.5. The molecule has 1 aliphatic rings. The molecule has 0 saturated carbocycles. The highest BCUT2D eigenvalue weighted by Gasteiger charge is 2.42. The smallest absolute Gasteiger partial charge is 0.447 e. The first-order valence-electron chi connectivity index (χ1n) is 10.9. The average Bonchev–Trinajstić information content (AvgIpc) is 3.35. The first-order valence-corrected chi connectivity index (χ1v) is 10.9. The van der Waals surface area contributed by atoms with Crippen molar-refractivity contribution in [2.24, 2.45) is 0 Å². The standard InChI is InChI=1S/C23H21F4N5O4/c24-8-13-35-22(34)32-11-9-31(10-12-32)17-7-6-16(14-28-17)29-20(33)18-19(23(25,26)27)36-21(30-18)15-4-2-1-3-5-15/h1-7,14H,8-13H2,(H,29,33). The number of rotatable bonds is 6. The van der Waals surface area contributed by atoms with Crippen molar-refractivity contribution in [3.8, 4) is 11.5 Å². The summed E-state index contributed by atoms with van der Waals surface area (Å²) in [4.78, 5) is 35.8. The van der Waals surface area contributed by atoms with Crippen LogP contribution in [0, 0.1) is 0 Å². The Morgan fingerprint density at radius 3 is 2.39 bits per heavy atom. The van der Waals surface area contributed by atoms with Crippen LogP contribution in [0.25, 0.3) is 11.5 Å². The SMILES string of the molecule is O=C(Nc1ccc(N2CCN(C(=O)OCCF)CC2)nc1)c1nc(-c2ccccc2)oc1C(F)(F)F. The summed E-state index contributed by atoms with van der Waals surface area (Å²) in [6.45, 7) is 0.545. The molecule has 0 spiro atoms. The molecule has 1 aromatic carbocycles. The van der Waals surface area contributed by atoms with Crippen LogP contribution in [-0.2, 0) is 10.9 Å². The Kier molecular flexibility index (Phi) is 7.36. The lowest BCUT2D eigenvalue weighted by molar-refractivity contribution is -0.153.